The number of benzene rings is 2. The van der Waals surface area contributed by atoms with Crippen LogP contribution in [-0.4, -0.2) is 17.1 Å². The second kappa shape index (κ2) is 10.4. The summed E-state index contributed by atoms with van der Waals surface area (Å²) >= 11 is 13.6. The number of rotatable bonds is 6. The number of nitrogens with one attached hydrogen (secondary N) is 2. The summed E-state index contributed by atoms with van der Waals surface area (Å²) in [5.41, 5.74) is 1.28. The normalized spacial score (nSPS) is 15.6. The third-order valence-electron chi connectivity index (χ3n) is 4.99. The molecule has 4 nitrogen and oxygen atoms in total. The number of amides is 2. The summed E-state index contributed by atoms with van der Waals surface area (Å²) < 4.78 is 0. The first-order chi connectivity index (χ1) is 13.9. The molecule has 3 rings (SSSR count). The summed E-state index contributed by atoms with van der Waals surface area (Å²) in [6, 6.07) is 12.7. The van der Waals surface area contributed by atoms with Crippen LogP contribution in [0.5, 0.6) is 0 Å². The van der Waals surface area contributed by atoms with Gasteiger partial charge in [0.25, 0.3) is 0 Å². The fourth-order valence-corrected chi connectivity index (χ4v) is 4.53. The van der Waals surface area contributed by atoms with Crippen LogP contribution in [0.4, 0.5) is 11.4 Å². The largest absolute Gasteiger partial charge is 0.326 e. The van der Waals surface area contributed by atoms with Gasteiger partial charge in [-0.05, 0) is 56.2 Å². The monoisotopic (exact) mass is 450 g/mol. The molecule has 1 unspecified atom stereocenters. The van der Waals surface area contributed by atoms with Crippen molar-refractivity contribution < 1.29 is 9.59 Å². The number of hydrogen-bond donors (Lipinski definition) is 2. The van der Waals surface area contributed by atoms with Crippen molar-refractivity contribution in [2.24, 2.45) is 5.92 Å². The molecule has 154 valence electrons. The van der Waals surface area contributed by atoms with Crippen molar-refractivity contribution in [3.63, 3.8) is 0 Å². The molecule has 0 bridgehead atoms. The summed E-state index contributed by atoms with van der Waals surface area (Å²) in [5.74, 6) is 0.0740. The van der Waals surface area contributed by atoms with Crippen molar-refractivity contribution >= 4 is 58.2 Å². The first-order valence-electron chi connectivity index (χ1n) is 9.76. The average Bonchev–Trinajstić information content (AvgIpc) is 2.73. The van der Waals surface area contributed by atoms with Gasteiger partial charge in [0.15, 0.2) is 0 Å². The van der Waals surface area contributed by atoms with Crippen LogP contribution in [0.25, 0.3) is 0 Å². The van der Waals surface area contributed by atoms with Gasteiger partial charge in [0, 0.05) is 16.5 Å². The van der Waals surface area contributed by atoms with E-state index in [4.69, 9.17) is 23.2 Å². The summed E-state index contributed by atoms with van der Waals surface area (Å²) in [7, 11) is 0. The van der Waals surface area contributed by atoms with E-state index in [1.807, 2.05) is 31.2 Å². The molecule has 0 heterocycles. The maximum Gasteiger partial charge on any atom is 0.237 e. The van der Waals surface area contributed by atoms with Crippen molar-refractivity contribution in [2.45, 2.75) is 49.2 Å². The number of halogens is 2. The van der Waals surface area contributed by atoms with E-state index < -0.39 is 0 Å². The molecule has 2 amide bonds. The van der Waals surface area contributed by atoms with Gasteiger partial charge in [-0.15, -0.1) is 11.8 Å². The van der Waals surface area contributed by atoms with Crippen LogP contribution in [0.3, 0.4) is 0 Å². The highest BCUT2D eigenvalue weighted by Crippen LogP contribution is 2.31. The van der Waals surface area contributed by atoms with E-state index in [1.165, 1.54) is 18.2 Å². The van der Waals surface area contributed by atoms with Crippen molar-refractivity contribution in [1.82, 2.24) is 0 Å². The Kier molecular flexibility index (Phi) is 7.87. The number of anilines is 2. The zero-order valence-electron chi connectivity index (χ0n) is 16.2. The molecule has 2 N–H and O–H groups in total. The topological polar surface area (TPSA) is 58.2 Å². The van der Waals surface area contributed by atoms with Gasteiger partial charge in [-0.2, -0.15) is 0 Å². The van der Waals surface area contributed by atoms with Crippen LogP contribution < -0.4 is 10.6 Å². The lowest BCUT2D eigenvalue weighted by atomic mass is 9.88. The molecule has 1 aliphatic rings. The Morgan fingerprint density at radius 2 is 1.69 bits per heavy atom. The predicted molar refractivity (Wildman–Crippen MR) is 122 cm³/mol. The standard InChI is InChI=1S/C22H24Cl2N2O2S/c1-14(21(27)26-19-9-5-8-18(23)20(19)24)29-17-12-10-16(11-13-17)25-22(28)15-6-3-2-4-7-15/h5,8-15H,2-4,6-7H2,1H3,(H,25,28)(H,26,27). The molecule has 2 aromatic carbocycles. The molecule has 29 heavy (non-hydrogen) atoms. The molecule has 2 aromatic rings. The average molecular weight is 451 g/mol. The van der Waals surface area contributed by atoms with Gasteiger partial charge in [-0.25, -0.2) is 0 Å². The quantitative estimate of drug-likeness (QED) is 0.485. The van der Waals surface area contributed by atoms with Crippen molar-refractivity contribution in [1.29, 1.82) is 0 Å². The van der Waals surface area contributed by atoms with E-state index in [2.05, 4.69) is 10.6 Å². The highest BCUT2D eigenvalue weighted by Gasteiger charge is 2.21. The lowest BCUT2D eigenvalue weighted by molar-refractivity contribution is -0.120. The first kappa shape index (κ1) is 22.0. The van der Waals surface area contributed by atoms with Crippen LogP contribution in [0.1, 0.15) is 39.0 Å². The molecule has 0 saturated heterocycles. The predicted octanol–water partition coefficient (Wildman–Crippen LogP) is 6.63. The second-order valence-corrected chi connectivity index (χ2v) is 9.40. The SMILES string of the molecule is CC(Sc1ccc(NC(=O)C2CCCCC2)cc1)C(=O)Nc1cccc(Cl)c1Cl. The maximum absolute atomic E-state index is 12.5. The fraction of sp³-hybridized carbons (Fsp3) is 0.364. The first-order valence-corrected chi connectivity index (χ1v) is 11.4. The molecule has 1 saturated carbocycles. The van der Waals surface area contributed by atoms with Crippen LogP contribution in [-0.2, 0) is 9.59 Å². The third kappa shape index (κ3) is 6.14. The lowest BCUT2D eigenvalue weighted by Gasteiger charge is -2.20. The van der Waals surface area contributed by atoms with E-state index >= 15 is 0 Å². The Bertz CT molecular complexity index is 868. The molecular weight excluding hydrogens is 427 g/mol. The van der Waals surface area contributed by atoms with E-state index in [0.717, 1.165) is 36.3 Å². The van der Waals surface area contributed by atoms with Crippen LogP contribution >= 0.6 is 35.0 Å². The molecule has 1 fully saturated rings. The third-order valence-corrected chi connectivity index (χ3v) is 6.92. The van der Waals surface area contributed by atoms with Gasteiger partial charge in [0.2, 0.25) is 11.8 Å². The molecule has 0 aromatic heterocycles. The van der Waals surface area contributed by atoms with Gasteiger partial charge >= 0.3 is 0 Å². The minimum atomic E-state index is -0.326. The van der Waals surface area contributed by atoms with Crippen LogP contribution in [0, 0.1) is 5.92 Å². The molecule has 0 spiro atoms. The fourth-order valence-electron chi connectivity index (χ4n) is 3.32. The summed E-state index contributed by atoms with van der Waals surface area (Å²) in [5, 5.41) is 6.22. The Hall–Kier alpha value is -1.69. The number of hydrogen-bond acceptors (Lipinski definition) is 3. The van der Waals surface area contributed by atoms with Gasteiger partial charge in [0.1, 0.15) is 0 Å². The van der Waals surface area contributed by atoms with Gasteiger partial charge < -0.3 is 10.6 Å². The number of thioether (sulfide) groups is 1. The van der Waals surface area contributed by atoms with Crippen molar-refractivity contribution in [3.05, 3.63) is 52.5 Å². The second-order valence-electron chi connectivity index (χ2n) is 7.20. The maximum atomic E-state index is 12.5. The van der Waals surface area contributed by atoms with Crippen molar-refractivity contribution in [2.75, 3.05) is 10.6 Å². The van der Waals surface area contributed by atoms with Gasteiger partial charge in [-0.3, -0.25) is 9.59 Å². The summed E-state index contributed by atoms with van der Waals surface area (Å²) in [6.07, 6.45) is 5.44. The molecular formula is C22H24Cl2N2O2S. The Balaban J connectivity index is 1.53. The van der Waals surface area contributed by atoms with Crippen LogP contribution in [0.15, 0.2) is 47.4 Å². The van der Waals surface area contributed by atoms with E-state index in [9.17, 15) is 9.59 Å². The Morgan fingerprint density at radius 3 is 2.38 bits per heavy atom. The van der Waals surface area contributed by atoms with Crippen LogP contribution in [0.2, 0.25) is 10.0 Å². The molecule has 0 radical (unpaired) electrons. The smallest absolute Gasteiger partial charge is 0.237 e. The molecule has 1 atom stereocenters. The molecule has 0 aliphatic heterocycles. The van der Waals surface area contributed by atoms with E-state index in [1.54, 1.807) is 18.2 Å². The minimum absolute atomic E-state index is 0.108. The van der Waals surface area contributed by atoms with Gasteiger partial charge in [-0.1, -0.05) is 48.5 Å². The Morgan fingerprint density at radius 1 is 1.00 bits per heavy atom. The molecule has 1 aliphatic carbocycles. The highest BCUT2D eigenvalue weighted by molar-refractivity contribution is 8.00. The van der Waals surface area contributed by atoms with Gasteiger partial charge in [0.05, 0.1) is 21.0 Å². The minimum Gasteiger partial charge on any atom is -0.326 e. The zero-order valence-corrected chi connectivity index (χ0v) is 18.5. The van der Waals surface area contributed by atoms with Crippen molar-refractivity contribution in [3.8, 4) is 0 Å². The van der Waals surface area contributed by atoms with E-state index in [0.29, 0.717) is 15.7 Å². The zero-order chi connectivity index (χ0) is 20.8. The summed E-state index contributed by atoms with van der Waals surface area (Å²) in [6.45, 7) is 1.83. The number of carbonyl (C=O) groups is 2. The highest BCUT2D eigenvalue weighted by atomic mass is 35.5. The summed E-state index contributed by atoms with van der Waals surface area (Å²) in [4.78, 5) is 25.8. The Labute approximate surface area is 185 Å². The molecule has 7 heteroatoms. The number of carbonyl (C=O) groups excluding carboxylic acids is 2. The van der Waals surface area contributed by atoms with E-state index in [-0.39, 0.29) is 23.0 Å². The lowest BCUT2D eigenvalue weighted by Crippen LogP contribution is -2.24.